The third kappa shape index (κ3) is 5.01. The summed E-state index contributed by atoms with van der Waals surface area (Å²) in [5.74, 6) is -1.28. The maximum Gasteiger partial charge on any atom is 0.340 e. The Morgan fingerprint density at radius 1 is 1.20 bits per heavy atom. The minimum absolute atomic E-state index is 0.130. The van der Waals surface area contributed by atoms with Gasteiger partial charge in [0, 0.05) is 12.5 Å². The maximum absolute atomic E-state index is 12.2. The highest BCUT2D eigenvalue weighted by Crippen LogP contribution is 2.17. The first-order chi connectivity index (χ1) is 11.7. The van der Waals surface area contributed by atoms with E-state index in [2.05, 4.69) is 10.3 Å². The number of carbonyl (C=O) groups is 2. The van der Waals surface area contributed by atoms with Crippen LogP contribution in [0.4, 0.5) is 5.82 Å². The number of amides is 1. The van der Waals surface area contributed by atoms with Crippen LogP contribution in [0.2, 0.25) is 5.02 Å². The first kappa shape index (κ1) is 18.9. The lowest BCUT2D eigenvalue weighted by molar-refractivity contribution is -0.123. The number of nitrogens with one attached hydrogen (secondary N) is 1. The van der Waals surface area contributed by atoms with Crippen molar-refractivity contribution in [3.05, 3.63) is 53.2 Å². The van der Waals surface area contributed by atoms with Gasteiger partial charge in [-0.2, -0.15) is 0 Å². The molecular formula is C16H15ClN2O5S. The third-order valence-corrected chi connectivity index (χ3v) is 4.52. The molecule has 0 spiro atoms. The second kappa shape index (κ2) is 7.62. The predicted molar refractivity (Wildman–Crippen MR) is 92.3 cm³/mol. The number of ether oxygens (including phenoxy) is 1. The fourth-order valence-corrected chi connectivity index (χ4v) is 2.90. The Hall–Kier alpha value is -2.45. The lowest BCUT2D eigenvalue weighted by Gasteiger charge is -2.14. The van der Waals surface area contributed by atoms with Gasteiger partial charge in [-0.25, -0.2) is 18.2 Å². The van der Waals surface area contributed by atoms with Gasteiger partial charge in [-0.15, -0.1) is 0 Å². The normalized spacial score (nSPS) is 12.3. The Morgan fingerprint density at radius 2 is 1.88 bits per heavy atom. The zero-order valence-corrected chi connectivity index (χ0v) is 15.0. The predicted octanol–water partition coefficient (Wildman–Crippen LogP) is 2.32. The molecule has 0 aliphatic carbocycles. The number of halogens is 1. The number of hydrogen-bond donors (Lipinski definition) is 1. The van der Waals surface area contributed by atoms with Gasteiger partial charge in [0.25, 0.3) is 5.91 Å². The third-order valence-electron chi connectivity index (χ3n) is 3.14. The lowest BCUT2D eigenvalue weighted by atomic mass is 10.2. The summed E-state index contributed by atoms with van der Waals surface area (Å²) >= 11 is 5.71. The Bertz CT molecular complexity index is 897. The van der Waals surface area contributed by atoms with Gasteiger partial charge in [0.15, 0.2) is 15.9 Å². The summed E-state index contributed by atoms with van der Waals surface area (Å²) in [5, 5.41) is 2.88. The van der Waals surface area contributed by atoms with Crippen LogP contribution >= 0.6 is 11.6 Å². The molecular weight excluding hydrogens is 368 g/mol. The molecule has 0 aliphatic rings. The van der Waals surface area contributed by atoms with Gasteiger partial charge >= 0.3 is 5.97 Å². The molecule has 1 aromatic carbocycles. The van der Waals surface area contributed by atoms with Crippen molar-refractivity contribution < 1.29 is 22.7 Å². The standard InChI is InChI=1S/C16H15ClN2O5S/c1-10(15(20)19-14-8-7-11(17)9-18-14)24-16(21)12-5-3-4-6-13(12)25(2,22)23/h3-10H,1-2H3,(H,18,19,20)/t10-/m1/s1. The second-order valence-electron chi connectivity index (χ2n) is 5.17. The van der Waals surface area contributed by atoms with Crippen LogP contribution in [0.3, 0.4) is 0 Å². The first-order valence-electron chi connectivity index (χ1n) is 7.11. The molecule has 0 saturated heterocycles. The number of anilines is 1. The second-order valence-corrected chi connectivity index (χ2v) is 7.59. The summed E-state index contributed by atoms with van der Waals surface area (Å²) < 4.78 is 28.5. The smallest absolute Gasteiger partial charge is 0.340 e. The van der Waals surface area contributed by atoms with Gasteiger partial charge in [0.2, 0.25) is 0 Å². The highest BCUT2D eigenvalue weighted by atomic mass is 35.5. The van der Waals surface area contributed by atoms with E-state index >= 15 is 0 Å². The molecule has 1 aromatic heterocycles. The van der Waals surface area contributed by atoms with Crippen LogP contribution < -0.4 is 5.32 Å². The Kier molecular flexibility index (Phi) is 5.76. The summed E-state index contributed by atoms with van der Waals surface area (Å²) in [6, 6.07) is 8.67. The fourth-order valence-electron chi connectivity index (χ4n) is 1.91. The first-order valence-corrected chi connectivity index (χ1v) is 9.38. The van der Waals surface area contributed by atoms with Crippen molar-refractivity contribution in [3.63, 3.8) is 0 Å². The maximum atomic E-state index is 12.2. The van der Waals surface area contributed by atoms with Crippen molar-refractivity contribution in [1.82, 2.24) is 4.98 Å². The van der Waals surface area contributed by atoms with Gasteiger partial charge in [0.1, 0.15) is 5.82 Å². The SMILES string of the molecule is C[C@@H](OC(=O)c1ccccc1S(C)(=O)=O)C(=O)Nc1ccc(Cl)cn1. The number of hydrogen-bond acceptors (Lipinski definition) is 6. The van der Waals surface area contributed by atoms with E-state index in [1.54, 1.807) is 6.07 Å². The largest absolute Gasteiger partial charge is 0.449 e. The van der Waals surface area contributed by atoms with Crippen LogP contribution in [0.15, 0.2) is 47.5 Å². The summed E-state index contributed by atoms with van der Waals surface area (Å²) in [5.41, 5.74) is -0.130. The quantitative estimate of drug-likeness (QED) is 0.796. The topological polar surface area (TPSA) is 102 Å². The highest BCUT2D eigenvalue weighted by molar-refractivity contribution is 7.90. The molecule has 0 unspecified atom stereocenters. The molecule has 1 N–H and O–H groups in total. The number of rotatable bonds is 5. The Morgan fingerprint density at radius 3 is 2.48 bits per heavy atom. The monoisotopic (exact) mass is 382 g/mol. The van der Waals surface area contributed by atoms with Gasteiger partial charge < -0.3 is 10.1 Å². The van der Waals surface area contributed by atoms with E-state index in [9.17, 15) is 18.0 Å². The number of carbonyl (C=O) groups excluding carboxylic acids is 2. The zero-order valence-electron chi connectivity index (χ0n) is 13.4. The zero-order chi connectivity index (χ0) is 18.6. The molecule has 0 radical (unpaired) electrons. The number of benzene rings is 1. The van der Waals surface area contributed by atoms with Crippen molar-refractivity contribution in [2.24, 2.45) is 0 Å². The van der Waals surface area contributed by atoms with Crippen molar-refractivity contribution >= 4 is 39.1 Å². The molecule has 25 heavy (non-hydrogen) atoms. The van der Waals surface area contributed by atoms with Crippen molar-refractivity contribution in [3.8, 4) is 0 Å². The van der Waals surface area contributed by atoms with E-state index in [4.69, 9.17) is 16.3 Å². The van der Waals surface area contributed by atoms with Crippen molar-refractivity contribution in [2.45, 2.75) is 17.9 Å². The van der Waals surface area contributed by atoms with E-state index in [0.717, 1.165) is 6.26 Å². The molecule has 7 nitrogen and oxygen atoms in total. The molecule has 9 heteroatoms. The van der Waals surface area contributed by atoms with Crippen LogP contribution in [-0.2, 0) is 19.4 Å². The molecule has 132 valence electrons. The molecule has 0 bridgehead atoms. The summed E-state index contributed by atoms with van der Waals surface area (Å²) in [6.07, 6.45) is 1.19. The average molecular weight is 383 g/mol. The Labute approximate surface area is 149 Å². The molecule has 1 amide bonds. The van der Waals surface area contributed by atoms with Gasteiger partial charge in [0.05, 0.1) is 15.5 Å². The van der Waals surface area contributed by atoms with Crippen molar-refractivity contribution in [1.29, 1.82) is 0 Å². The van der Waals surface area contributed by atoms with E-state index in [1.807, 2.05) is 0 Å². The van der Waals surface area contributed by atoms with Gasteiger partial charge in [-0.3, -0.25) is 4.79 Å². The molecule has 1 heterocycles. The summed E-state index contributed by atoms with van der Waals surface area (Å²) in [4.78, 5) is 28.0. The van der Waals surface area contributed by atoms with Crippen LogP contribution in [0, 0.1) is 0 Å². The van der Waals surface area contributed by atoms with Crippen LogP contribution in [0.25, 0.3) is 0 Å². The molecule has 0 fully saturated rings. The van der Waals surface area contributed by atoms with Crippen molar-refractivity contribution in [2.75, 3.05) is 11.6 Å². The average Bonchev–Trinajstić information content (AvgIpc) is 2.56. The highest BCUT2D eigenvalue weighted by Gasteiger charge is 2.24. The summed E-state index contributed by atoms with van der Waals surface area (Å²) in [6.45, 7) is 1.37. The Balaban J connectivity index is 2.10. The van der Waals surface area contributed by atoms with E-state index in [-0.39, 0.29) is 16.3 Å². The number of nitrogens with zero attached hydrogens (tertiary/aromatic N) is 1. The van der Waals surface area contributed by atoms with Crippen LogP contribution in [0.5, 0.6) is 0 Å². The minimum atomic E-state index is -3.61. The molecule has 2 aromatic rings. The minimum Gasteiger partial charge on any atom is -0.449 e. The van der Waals surface area contributed by atoms with Crippen LogP contribution in [0.1, 0.15) is 17.3 Å². The molecule has 1 atom stereocenters. The van der Waals surface area contributed by atoms with Crippen LogP contribution in [-0.4, -0.2) is 37.6 Å². The van der Waals surface area contributed by atoms with Gasteiger partial charge in [-0.1, -0.05) is 23.7 Å². The van der Waals surface area contributed by atoms with Gasteiger partial charge in [-0.05, 0) is 31.2 Å². The van der Waals surface area contributed by atoms with E-state index in [1.165, 1.54) is 43.5 Å². The molecule has 2 rings (SSSR count). The lowest BCUT2D eigenvalue weighted by Crippen LogP contribution is -2.30. The number of pyridine rings is 1. The number of sulfone groups is 1. The molecule has 0 aliphatic heterocycles. The van der Waals surface area contributed by atoms with E-state index in [0.29, 0.717) is 5.02 Å². The van der Waals surface area contributed by atoms with E-state index < -0.39 is 27.8 Å². The molecule has 0 saturated carbocycles. The fraction of sp³-hybridized carbons (Fsp3) is 0.188. The number of aromatic nitrogens is 1. The summed E-state index contributed by atoms with van der Waals surface area (Å²) in [7, 11) is -3.61. The number of esters is 1.